The predicted octanol–water partition coefficient (Wildman–Crippen LogP) is 2.78. The predicted molar refractivity (Wildman–Crippen MR) is 79.2 cm³/mol. The van der Waals surface area contributed by atoms with Gasteiger partial charge in [0, 0.05) is 19.7 Å². The average molecular weight is 261 g/mol. The number of benzene rings is 1. The fourth-order valence-electron chi connectivity index (χ4n) is 2.28. The van der Waals surface area contributed by atoms with Crippen molar-refractivity contribution in [3.8, 4) is 6.07 Å². The minimum atomic E-state index is 0.409. The van der Waals surface area contributed by atoms with Crippen LogP contribution in [0.1, 0.15) is 32.3 Å². The zero-order chi connectivity index (χ0) is 14.3. The molecule has 19 heavy (non-hydrogen) atoms. The lowest BCUT2D eigenvalue weighted by Gasteiger charge is -2.33. The molecule has 0 aromatic heterocycles. The van der Waals surface area contributed by atoms with Crippen LogP contribution in [-0.2, 0) is 4.74 Å². The van der Waals surface area contributed by atoms with Gasteiger partial charge in [0.25, 0.3) is 0 Å². The van der Waals surface area contributed by atoms with Gasteiger partial charge in [0.05, 0.1) is 29.6 Å². The summed E-state index contributed by atoms with van der Waals surface area (Å²) < 4.78 is 5.18. The molecule has 0 aliphatic carbocycles. The molecule has 0 unspecified atom stereocenters. The summed E-state index contributed by atoms with van der Waals surface area (Å²) in [6.45, 7) is 5.76. The molecule has 1 rings (SSSR count). The number of nitrogens with zero attached hydrogens (tertiary/aromatic N) is 2. The summed E-state index contributed by atoms with van der Waals surface area (Å²) in [6.07, 6.45) is 2.08. The van der Waals surface area contributed by atoms with E-state index in [9.17, 15) is 0 Å². The Labute approximate surface area is 115 Å². The highest BCUT2D eigenvalue weighted by Crippen LogP contribution is 2.28. The first-order valence-corrected chi connectivity index (χ1v) is 6.73. The van der Waals surface area contributed by atoms with Crippen LogP contribution in [0.5, 0.6) is 0 Å². The summed E-state index contributed by atoms with van der Waals surface area (Å²) in [6, 6.07) is 7.99. The number of rotatable bonds is 7. The van der Waals surface area contributed by atoms with Gasteiger partial charge in [0.15, 0.2) is 0 Å². The number of nitrogen functional groups attached to an aromatic ring is 1. The maximum atomic E-state index is 9.03. The number of nitrogens with two attached hydrogens (primary N) is 1. The van der Waals surface area contributed by atoms with Crippen LogP contribution in [0.15, 0.2) is 18.2 Å². The molecule has 1 aromatic rings. The Kier molecular flexibility index (Phi) is 6.17. The number of nitriles is 1. The van der Waals surface area contributed by atoms with Crippen molar-refractivity contribution in [2.75, 3.05) is 30.9 Å². The van der Waals surface area contributed by atoms with Crippen LogP contribution in [0.4, 0.5) is 11.4 Å². The van der Waals surface area contributed by atoms with Crippen LogP contribution in [0.2, 0.25) is 0 Å². The Morgan fingerprint density at radius 3 is 2.58 bits per heavy atom. The van der Waals surface area contributed by atoms with E-state index in [1.807, 2.05) is 6.07 Å². The van der Waals surface area contributed by atoms with Crippen molar-refractivity contribution in [2.45, 2.75) is 32.7 Å². The number of anilines is 2. The van der Waals surface area contributed by atoms with E-state index in [2.05, 4.69) is 24.8 Å². The lowest BCUT2D eigenvalue weighted by molar-refractivity contribution is 0.202. The van der Waals surface area contributed by atoms with Crippen molar-refractivity contribution in [3.63, 3.8) is 0 Å². The third kappa shape index (κ3) is 3.87. The number of methoxy groups -OCH3 is 1. The van der Waals surface area contributed by atoms with Gasteiger partial charge in [-0.1, -0.05) is 13.8 Å². The van der Waals surface area contributed by atoms with Crippen LogP contribution in [0.25, 0.3) is 0 Å². The Morgan fingerprint density at radius 1 is 1.37 bits per heavy atom. The molecule has 0 spiro atoms. The molecule has 0 atom stereocenters. The molecular formula is C15H23N3O. The summed E-state index contributed by atoms with van der Waals surface area (Å²) in [5.41, 5.74) is 8.35. The standard InChI is InChI=1S/C15H23N3O/c1-4-13(5-2)18(8-9-19-3)15-10-12(11-16)6-7-14(15)17/h6-7,10,13H,4-5,8-9,17H2,1-3H3. The van der Waals surface area contributed by atoms with Crippen LogP contribution in [0, 0.1) is 11.3 Å². The van der Waals surface area contributed by atoms with Crippen molar-refractivity contribution < 1.29 is 4.74 Å². The zero-order valence-electron chi connectivity index (χ0n) is 12.0. The van der Waals surface area contributed by atoms with Crippen LogP contribution < -0.4 is 10.6 Å². The van der Waals surface area contributed by atoms with Crippen LogP contribution in [0.3, 0.4) is 0 Å². The molecule has 0 aliphatic rings. The van der Waals surface area contributed by atoms with Crippen molar-refractivity contribution >= 4 is 11.4 Å². The smallest absolute Gasteiger partial charge is 0.0992 e. The summed E-state index contributed by atoms with van der Waals surface area (Å²) in [5, 5.41) is 9.03. The number of hydrogen-bond donors (Lipinski definition) is 1. The molecule has 4 heteroatoms. The summed E-state index contributed by atoms with van der Waals surface area (Å²) >= 11 is 0. The molecule has 0 radical (unpaired) electrons. The SMILES string of the molecule is CCC(CC)N(CCOC)c1cc(C#N)ccc1N. The Balaban J connectivity index is 3.12. The fraction of sp³-hybridized carbons (Fsp3) is 0.533. The van der Waals surface area contributed by atoms with Gasteiger partial charge in [-0.3, -0.25) is 0 Å². The minimum Gasteiger partial charge on any atom is -0.397 e. The first-order chi connectivity index (χ1) is 9.17. The van der Waals surface area contributed by atoms with Gasteiger partial charge in [-0.05, 0) is 31.0 Å². The molecule has 0 saturated heterocycles. The molecule has 0 amide bonds. The third-order valence-electron chi connectivity index (χ3n) is 3.39. The maximum Gasteiger partial charge on any atom is 0.0992 e. The normalized spacial score (nSPS) is 10.5. The summed E-state index contributed by atoms with van der Waals surface area (Å²) in [7, 11) is 1.69. The van der Waals surface area contributed by atoms with Gasteiger partial charge in [-0.25, -0.2) is 0 Å². The molecule has 0 bridgehead atoms. The lowest BCUT2D eigenvalue weighted by Crippen LogP contribution is -2.37. The first kappa shape index (κ1) is 15.3. The topological polar surface area (TPSA) is 62.3 Å². The molecular weight excluding hydrogens is 238 g/mol. The molecule has 0 saturated carbocycles. The molecule has 0 heterocycles. The number of hydrogen-bond acceptors (Lipinski definition) is 4. The van der Waals surface area contributed by atoms with Gasteiger partial charge in [0.1, 0.15) is 0 Å². The third-order valence-corrected chi connectivity index (χ3v) is 3.39. The first-order valence-electron chi connectivity index (χ1n) is 6.73. The monoisotopic (exact) mass is 261 g/mol. The Bertz CT molecular complexity index is 436. The molecule has 0 aliphatic heterocycles. The van der Waals surface area contributed by atoms with E-state index in [4.69, 9.17) is 15.7 Å². The van der Waals surface area contributed by atoms with Crippen molar-refractivity contribution in [3.05, 3.63) is 23.8 Å². The van der Waals surface area contributed by atoms with E-state index in [0.717, 1.165) is 25.1 Å². The number of ether oxygens (including phenoxy) is 1. The minimum absolute atomic E-state index is 0.409. The Hall–Kier alpha value is -1.73. The van der Waals surface area contributed by atoms with Crippen LogP contribution in [-0.4, -0.2) is 26.3 Å². The maximum absolute atomic E-state index is 9.03. The van der Waals surface area contributed by atoms with E-state index in [-0.39, 0.29) is 0 Å². The second-order valence-corrected chi connectivity index (χ2v) is 4.54. The Morgan fingerprint density at radius 2 is 2.05 bits per heavy atom. The van der Waals surface area contributed by atoms with E-state index in [0.29, 0.717) is 23.9 Å². The van der Waals surface area contributed by atoms with Crippen LogP contribution >= 0.6 is 0 Å². The second kappa shape index (κ2) is 7.65. The molecule has 1 aromatic carbocycles. The highest BCUT2D eigenvalue weighted by atomic mass is 16.5. The largest absolute Gasteiger partial charge is 0.397 e. The molecule has 104 valence electrons. The second-order valence-electron chi connectivity index (χ2n) is 4.54. The van der Waals surface area contributed by atoms with Gasteiger partial charge >= 0.3 is 0 Å². The van der Waals surface area contributed by atoms with Gasteiger partial charge in [-0.2, -0.15) is 5.26 Å². The lowest BCUT2D eigenvalue weighted by atomic mass is 10.1. The van der Waals surface area contributed by atoms with E-state index >= 15 is 0 Å². The zero-order valence-corrected chi connectivity index (χ0v) is 12.0. The van der Waals surface area contributed by atoms with Gasteiger partial charge in [-0.15, -0.1) is 0 Å². The highest BCUT2D eigenvalue weighted by molar-refractivity contribution is 5.70. The molecule has 2 N–H and O–H groups in total. The van der Waals surface area contributed by atoms with E-state index < -0.39 is 0 Å². The highest BCUT2D eigenvalue weighted by Gasteiger charge is 2.18. The molecule has 0 fully saturated rings. The van der Waals surface area contributed by atoms with Gasteiger partial charge < -0.3 is 15.4 Å². The van der Waals surface area contributed by atoms with E-state index in [1.165, 1.54) is 0 Å². The fourth-order valence-corrected chi connectivity index (χ4v) is 2.28. The van der Waals surface area contributed by atoms with Gasteiger partial charge in [0.2, 0.25) is 0 Å². The summed E-state index contributed by atoms with van der Waals surface area (Å²) in [4.78, 5) is 2.25. The molecule has 4 nitrogen and oxygen atoms in total. The quantitative estimate of drug-likeness (QED) is 0.767. The summed E-state index contributed by atoms with van der Waals surface area (Å²) in [5.74, 6) is 0. The van der Waals surface area contributed by atoms with Crippen molar-refractivity contribution in [2.24, 2.45) is 0 Å². The van der Waals surface area contributed by atoms with Crippen molar-refractivity contribution in [1.29, 1.82) is 5.26 Å². The average Bonchev–Trinajstić information content (AvgIpc) is 2.44. The van der Waals surface area contributed by atoms with E-state index in [1.54, 1.807) is 19.2 Å². The van der Waals surface area contributed by atoms with Crippen molar-refractivity contribution in [1.82, 2.24) is 0 Å².